The van der Waals surface area contributed by atoms with Crippen molar-refractivity contribution in [3.05, 3.63) is 380 Å². The first kappa shape index (κ1) is 55.3. The van der Waals surface area contributed by atoms with Crippen LogP contribution in [0.25, 0.3) is 73.9 Å². The topological polar surface area (TPSA) is 3.24 Å². The predicted molar refractivity (Wildman–Crippen MR) is 391 cm³/mol. The average Bonchev–Trinajstić information content (AvgIpc) is 1.54. The summed E-state index contributed by atoms with van der Waals surface area (Å²) in [6.45, 7) is 20.6. The van der Waals surface area contributed by atoms with Crippen LogP contribution in [-0.2, 0) is 27.1 Å². The van der Waals surface area contributed by atoms with E-state index in [0.717, 1.165) is 22.6 Å². The third-order valence-electron chi connectivity index (χ3n) is 21.9. The summed E-state index contributed by atoms with van der Waals surface area (Å²) in [6.07, 6.45) is 7.44. The second-order valence-corrected chi connectivity index (χ2v) is 28.9. The molecule has 6 aliphatic carbocycles. The highest BCUT2D eigenvalue weighted by Crippen LogP contribution is 2.66. The summed E-state index contributed by atoms with van der Waals surface area (Å²) in [6, 6.07) is 105. The highest BCUT2D eigenvalue weighted by molar-refractivity contribution is 6.09. The van der Waals surface area contributed by atoms with E-state index in [4.69, 9.17) is 0 Å². The van der Waals surface area contributed by atoms with Crippen LogP contribution in [0.2, 0.25) is 0 Å². The molecule has 0 aliphatic heterocycles. The van der Waals surface area contributed by atoms with Gasteiger partial charge in [-0.3, -0.25) is 0 Å². The Morgan fingerprint density at radius 3 is 0.817 bits per heavy atom. The standard InChI is InChI=1S/C92H71N/c1-57(2)61-33-34-62-52-82(90(85(62)51-61)76-27-15-9-21-70(76)71-22-10-16-28-77(71)90)58-37-45-67(46-38-58)93(68-47-39-59(40-48-68)83-53-63-35-43-65(88(3,4)5)55-86(63)91(83)78-29-17-11-23-72(78)73-24-12-18-30-79(73)91)69-49-41-60(42-50-69)84-54-64-36-44-66(89(6,7)8)56-87(64)92(84)80-31-19-13-25-74(80)75-26-14-20-32-81(75)92/h9-56H,1H2,2-8H3. The molecule has 12 aromatic carbocycles. The van der Waals surface area contributed by atoms with E-state index in [1.807, 2.05) is 0 Å². The van der Waals surface area contributed by atoms with Gasteiger partial charge in [0.1, 0.15) is 0 Å². The summed E-state index contributed by atoms with van der Waals surface area (Å²) in [4.78, 5) is 2.47. The lowest BCUT2D eigenvalue weighted by Crippen LogP contribution is -2.27. The van der Waals surface area contributed by atoms with Crippen LogP contribution in [-0.4, -0.2) is 0 Å². The van der Waals surface area contributed by atoms with Gasteiger partial charge in [0.05, 0.1) is 16.2 Å². The Bertz CT molecular complexity index is 4930. The summed E-state index contributed by atoms with van der Waals surface area (Å²) < 4.78 is 0. The fourth-order valence-corrected chi connectivity index (χ4v) is 17.6. The van der Waals surface area contributed by atoms with Gasteiger partial charge in [0.25, 0.3) is 0 Å². The molecule has 0 atom stereocenters. The molecule has 0 aromatic heterocycles. The molecule has 93 heavy (non-hydrogen) atoms. The van der Waals surface area contributed by atoms with E-state index in [1.165, 1.54) is 150 Å². The van der Waals surface area contributed by atoms with Gasteiger partial charge >= 0.3 is 0 Å². The zero-order chi connectivity index (χ0) is 62.9. The number of anilines is 3. The molecule has 3 spiro atoms. The molecule has 0 heterocycles. The molecule has 6 aliphatic rings. The molecule has 12 aromatic rings. The molecule has 0 amide bonds. The number of fused-ring (bicyclic) bond motifs is 21. The van der Waals surface area contributed by atoms with Gasteiger partial charge in [-0.05, 0) is 229 Å². The normalized spacial score (nSPS) is 15.5. The maximum absolute atomic E-state index is 4.43. The number of hydrogen-bond acceptors (Lipinski definition) is 1. The van der Waals surface area contributed by atoms with Gasteiger partial charge in [0, 0.05) is 17.1 Å². The lowest BCUT2D eigenvalue weighted by molar-refractivity contribution is 0.588. The van der Waals surface area contributed by atoms with Crippen molar-refractivity contribution < 1.29 is 0 Å². The van der Waals surface area contributed by atoms with Crippen molar-refractivity contribution in [3.8, 4) is 33.4 Å². The van der Waals surface area contributed by atoms with E-state index in [-0.39, 0.29) is 10.8 Å². The van der Waals surface area contributed by atoms with Crippen LogP contribution in [0.15, 0.2) is 280 Å². The summed E-state index contributed by atoms with van der Waals surface area (Å²) >= 11 is 0. The number of nitrogens with zero attached hydrogens (tertiary/aromatic N) is 1. The average molecular weight is 1190 g/mol. The van der Waals surface area contributed by atoms with Crippen LogP contribution in [0.4, 0.5) is 17.1 Å². The number of allylic oxidation sites excluding steroid dienone is 4. The fourth-order valence-electron chi connectivity index (χ4n) is 17.6. The number of rotatable bonds is 7. The Balaban J connectivity index is 0.800. The van der Waals surface area contributed by atoms with E-state index in [2.05, 4.69) is 351 Å². The van der Waals surface area contributed by atoms with Crippen LogP contribution in [0, 0.1) is 0 Å². The van der Waals surface area contributed by atoms with Crippen molar-refractivity contribution in [1.82, 2.24) is 0 Å². The van der Waals surface area contributed by atoms with Gasteiger partial charge < -0.3 is 4.90 Å². The van der Waals surface area contributed by atoms with Crippen molar-refractivity contribution in [3.63, 3.8) is 0 Å². The van der Waals surface area contributed by atoms with Gasteiger partial charge in [-0.25, -0.2) is 0 Å². The van der Waals surface area contributed by atoms with Crippen LogP contribution in [0.1, 0.15) is 149 Å². The Morgan fingerprint density at radius 1 is 0.290 bits per heavy atom. The molecule has 0 N–H and O–H groups in total. The minimum atomic E-state index is -0.512. The SMILES string of the molecule is C=C(C)c1ccc2c(c1)C1(C(c3ccc(N(c4ccc(C5=Cc6ccc(C(C)(C)C)cc6C56c5ccccc5-c5ccccc56)cc4)c4ccc(C5=Cc6ccc(C(C)(C)C)cc6C56c5ccccc5-c5ccccc56)cc4)cc3)=C2)c2ccccc2-c2ccccc21. The third kappa shape index (κ3) is 7.57. The molecular formula is C92H71N. The van der Waals surface area contributed by atoms with Gasteiger partial charge in [-0.1, -0.05) is 284 Å². The molecule has 1 heteroatoms. The second kappa shape index (κ2) is 19.7. The molecule has 0 saturated heterocycles. The minimum absolute atomic E-state index is 0.0232. The third-order valence-corrected chi connectivity index (χ3v) is 21.9. The Kier molecular flexibility index (Phi) is 11.7. The summed E-state index contributed by atoms with van der Waals surface area (Å²) in [5, 5.41) is 0. The van der Waals surface area contributed by atoms with Crippen LogP contribution >= 0.6 is 0 Å². The highest BCUT2D eigenvalue weighted by Gasteiger charge is 2.54. The van der Waals surface area contributed by atoms with E-state index >= 15 is 0 Å². The van der Waals surface area contributed by atoms with Crippen LogP contribution in [0.5, 0.6) is 0 Å². The van der Waals surface area contributed by atoms with Gasteiger partial charge in [-0.2, -0.15) is 0 Å². The minimum Gasteiger partial charge on any atom is -0.311 e. The quantitative estimate of drug-likeness (QED) is 0.154. The summed E-state index contributed by atoms with van der Waals surface area (Å²) in [5.41, 5.74) is 37.8. The van der Waals surface area contributed by atoms with Crippen LogP contribution < -0.4 is 4.90 Å². The first-order chi connectivity index (χ1) is 45.2. The van der Waals surface area contributed by atoms with Crippen molar-refractivity contribution >= 4 is 57.6 Å². The molecular weight excluding hydrogens is 1120 g/mol. The van der Waals surface area contributed by atoms with Crippen molar-refractivity contribution in [2.24, 2.45) is 0 Å². The summed E-state index contributed by atoms with van der Waals surface area (Å²) in [7, 11) is 0. The Morgan fingerprint density at radius 2 is 0.548 bits per heavy atom. The molecule has 0 radical (unpaired) electrons. The molecule has 0 fully saturated rings. The lowest BCUT2D eigenvalue weighted by Gasteiger charge is -2.34. The molecule has 0 unspecified atom stereocenters. The van der Waals surface area contributed by atoms with Crippen molar-refractivity contribution in [2.45, 2.75) is 75.5 Å². The van der Waals surface area contributed by atoms with Crippen molar-refractivity contribution in [1.29, 1.82) is 0 Å². The second-order valence-electron chi connectivity index (χ2n) is 28.9. The first-order valence-electron chi connectivity index (χ1n) is 33.1. The lowest BCUT2D eigenvalue weighted by atomic mass is 9.67. The van der Waals surface area contributed by atoms with E-state index in [9.17, 15) is 0 Å². The number of benzene rings is 12. The molecule has 444 valence electrons. The van der Waals surface area contributed by atoms with Gasteiger partial charge in [-0.15, -0.1) is 0 Å². The van der Waals surface area contributed by atoms with Crippen LogP contribution in [0.3, 0.4) is 0 Å². The van der Waals surface area contributed by atoms with Gasteiger partial charge in [0.15, 0.2) is 0 Å². The fraction of sp³-hybridized carbons (Fsp3) is 0.130. The van der Waals surface area contributed by atoms with E-state index in [0.29, 0.717) is 0 Å². The molecule has 0 saturated carbocycles. The predicted octanol–water partition coefficient (Wildman–Crippen LogP) is 23.4. The maximum atomic E-state index is 4.43. The zero-order valence-electron chi connectivity index (χ0n) is 53.9. The highest BCUT2D eigenvalue weighted by atomic mass is 15.1. The molecule has 18 rings (SSSR count). The van der Waals surface area contributed by atoms with Gasteiger partial charge in [0.2, 0.25) is 0 Å². The number of hydrogen-bond donors (Lipinski definition) is 0. The first-order valence-corrected chi connectivity index (χ1v) is 33.1. The molecule has 0 bridgehead atoms. The van der Waals surface area contributed by atoms with Crippen molar-refractivity contribution in [2.75, 3.05) is 4.90 Å². The monoisotopic (exact) mass is 1190 g/mol. The van der Waals surface area contributed by atoms with E-state index in [1.54, 1.807) is 0 Å². The summed E-state index contributed by atoms with van der Waals surface area (Å²) in [5.74, 6) is 0. The van der Waals surface area contributed by atoms with E-state index < -0.39 is 16.2 Å². The Labute approximate surface area is 547 Å². The Hall–Kier alpha value is -10.6. The largest absolute Gasteiger partial charge is 0.311 e. The molecule has 1 nitrogen and oxygen atoms in total. The zero-order valence-corrected chi connectivity index (χ0v) is 53.9. The maximum Gasteiger partial charge on any atom is 0.0725 e. The smallest absolute Gasteiger partial charge is 0.0725 e.